The van der Waals surface area contributed by atoms with Crippen LogP contribution in [0.2, 0.25) is 0 Å². The molecule has 0 saturated heterocycles. The Labute approximate surface area is 207 Å². The molecular formula is C34H28B-. The van der Waals surface area contributed by atoms with Crippen LogP contribution in [0.1, 0.15) is 11.1 Å². The molecule has 0 aliphatic heterocycles. The molecular weight excluding hydrogens is 419 g/mol. The monoisotopic (exact) mass is 447 g/mol. The first-order valence-corrected chi connectivity index (χ1v) is 12.4. The van der Waals surface area contributed by atoms with Gasteiger partial charge in [0, 0.05) is 0 Å². The van der Waals surface area contributed by atoms with Crippen LogP contribution in [0.25, 0.3) is 21.5 Å². The molecule has 0 saturated carbocycles. The number of hydrogen-bond acceptors (Lipinski definition) is 0. The van der Waals surface area contributed by atoms with Gasteiger partial charge in [-0.05, 0) is 24.6 Å². The molecule has 6 aromatic rings. The van der Waals surface area contributed by atoms with Gasteiger partial charge in [0.1, 0.15) is 6.15 Å². The number of fused-ring (bicyclic) bond motifs is 2. The molecule has 0 radical (unpaired) electrons. The Bertz CT molecular complexity index is 1510. The first-order chi connectivity index (χ1) is 17.2. The molecule has 0 spiro atoms. The lowest BCUT2D eigenvalue weighted by atomic mass is 9.12. The third kappa shape index (κ3) is 3.47. The van der Waals surface area contributed by atoms with Crippen LogP contribution in [0.3, 0.4) is 0 Å². The van der Waals surface area contributed by atoms with Crippen molar-refractivity contribution in [2.24, 2.45) is 0 Å². The number of aryl methyl sites for hydroxylation is 2. The normalized spacial score (nSPS) is 11.7. The second kappa shape index (κ2) is 8.60. The first kappa shape index (κ1) is 21.4. The Morgan fingerprint density at radius 1 is 0.371 bits per heavy atom. The summed E-state index contributed by atoms with van der Waals surface area (Å²) in [5, 5.41) is 5.17. The fraction of sp³-hybridized carbons (Fsp3) is 0.0588. The van der Waals surface area contributed by atoms with Crippen LogP contribution in [0, 0.1) is 13.8 Å². The van der Waals surface area contributed by atoms with E-state index in [9.17, 15) is 0 Å². The van der Waals surface area contributed by atoms with Gasteiger partial charge in [-0.3, -0.25) is 0 Å². The largest absolute Gasteiger partial charge is 0.195 e. The molecule has 0 unspecified atom stereocenters. The van der Waals surface area contributed by atoms with Gasteiger partial charge in [-0.15, -0.1) is 0 Å². The third-order valence-electron chi connectivity index (χ3n) is 7.73. The lowest BCUT2D eigenvalue weighted by Crippen LogP contribution is -2.75. The summed E-state index contributed by atoms with van der Waals surface area (Å²) in [6, 6.07) is 49.7. The van der Waals surface area contributed by atoms with E-state index in [0.717, 1.165) is 0 Å². The first-order valence-electron chi connectivity index (χ1n) is 12.4. The average Bonchev–Trinajstić information content (AvgIpc) is 2.91. The smallest absolute Gasteiger partial charge is 0.109 e. The van der Waals surface area contributed by atoms with Gasteiger partial charge in [0.15, 0.2) is 0 Å². The average molecular weight is 447 g/mol. The molecule has 6 aromatic carbocycles. The van der Waals surface area contributed by atoms with Gasteiger partial charge in [0.25, 0.3) is 0 Å². The molecule has 0 aliphatic carbocycles. The predicted octanol–water partition coefficient (Wildman–Crippen LogP) is 5.99. The highest BCUT2D eigenvalue weighted by Crippen LogP contribution is 2.21. The minimum atomic E-state index is -1.47. The van der Waals surface area contributed by atoms with Crippen LogP contribution in [-0.4, -0.2) is 6.15 Å². The van der Waals surface area contributed by atoms with Crippen molar-refractivity contribution in [3.63, 3.8) is 0 Å². The second-order valence-electron chi connectivity index (χ2n) is 9.82. The summed E-state index contributed by atoms with van der Waals surface area (Å²) in [4.78, 5) is 0. The molecule has 0 nitrogen and oxygen atoms in total. The van der Waals surface area contributed by atoms with Crippen molar-refractivity contribution < 1.29 is 0 Å². The Morgan fingerprint density at radius 2 is 0.743 bits per heavy atom. The summed E-state index contributed by atoms with van der Waals surface area (Å²) >= 11 is 0. The minimum absolute atomic E-state index is 1.27. The van der Waals surface area contributed by atoms with Gasteiger partial charge in [0.05, 0.1) is 0 Å². The topological polar surface area (TPSA) is 0 Å². The summed E-state index contributed by atoms with van der Waals surface area (Å²) < 4.78 is 0. The minimum Gasteiger partial charge on any atom is -0.195 e. The summed E-state index contributed by atoms with van der Waals surface area (Å²) in [5.74, 6) is 0. The van der Waals surface area contributed by atoms with Crippen LogP contribution in [0.4, 0.5) is 0 Å². The zero-order chi connectivity index (χ0) is 23.8. The van der Waals surface area contributed by atoms with E-state index >= 15 is 0 Å². The molecule has 0 aliphatic rings. The SMILES string of the molecule is Cc1ccc([B-](c2ccc(C)cc2)(c2cccc3ccccc23)c2cccc3ccccc23)cc1. The molecule has 6 rings (SSSR count). The van der Waals surface area contributed by atoms with Gasteiger partial charge in [0.2, 0.25) is 0 Å². The number of rotatable bonds is 4. The van der Waals surface area contributed by atoms with Gasteiger partial charge in [-0.1, -0.05) is 155 Å². The van der Waals surface area contributed by atoms with E-state index in [4.69, 9.17) is 0 Å². The van der Waals surface area contributed by atoms with Crippen molar-refractivity contribution in [1.29, 1.82) is 0 Å². The third-order valence-corrected chi connectivity index (χ3v) is 7.73. The van der Waals surface area contributed by atoms with Crippen molar-refractivity contribution in [3.05, 3.63) is 145 Å². The highest BCUT2D eigenvalue weighted by molar-refractivity contribution is 7.21. The van der Waals surface area contributed by atoms with E-state index < -0.39 is 6.15 Å². The predicted molar refractivity (Wildman–Crippen MR) is 155 cm³/mol. The van der Waals surface area contributed by atoms with Crippen LogP contribution in [0.5, 0.6) is 0 Å². The quantitative estimate of drug-likeness (QED) is 0.292. The molecule has 0 bridgehead atoms. The van der Waals surface area contributed by atoms with Crippen molar-refractivity contribution >= 4 is 49.5 Å². The fourth-order valence-electron chi connectivity index (χ4n) is 6.04. The van der Waals surface area contributed by atoms with E-state index in [1.54, 1.807) is 0 Å². The van der Waals surface area contributed by atoms with Crippen molar-refractivity contribution in [2.45, 2.75) is 13.8 Å². The maximum atomic E-state index is 2.35. The van der Waals surface area contributed by atoms with Crippen molar-refractivity contribution in [2.75, 3.05) is 0 Å². The number of hydrogen-bond donors (Lipinski definition) is 0. The second-order valence-corrected chi connectivity index (χ2v) is 9.82. The van der Waals surface area contributed by atoms with Gasteiger partial charge >= 0.3 is 0 Å². The lowest BCUT2D eigenvalue weighted by Gasteiger charge is -2.46. The van der Waals surface area contributed by atoms with Gasteiger partial charge in [-0.25, -0.2) is 0 Å². The Morgan fingerprint density at radius 3 is 1.17 bits per heavy atom. The zero-order valence-electron chi connectivity index (χ0n) is 20.3. The summed E-state index contributed by atoms with van der Waals surface area (Å²) in [6.07, 6.45) is -1.47. The Kier molecular flexibility index (Phi) is 5.27. The van der Waals surface area contributed by atoms with Crippen molar-refractivity contribution in [3.8, 4) is 0 Å². The lowest BCUT2D eigenvalue weighted by molar-refractivity contribution is 1.48. The van der Waals surface area contributed by atoms with Crippen LogP contribution >= 0.6 is 0 Å². The summed E-state index contributed by atoms with van der Waals surface area (Å²) in [5.41, 5.74) is 7.97. The van der Waals surface area contributed by atoms with E-state index in [0.29, 0.717) is 0 Å². The van der Waals surface area contributed by atoms with E-state index in [2.05, 4.69) is 147 Å². The molecule has 0 amide bonds. The molecule has 0 N–H and O–H groups in total. The van der Waals surface area contributed by atoms with Crippen molar-refractivity contribution in [1.82, 2.24) is 0 Å². The summed E-state index contributed by atoms with van der Waals surface area (Å²) in [7, 11) is 0. The van der Waals surface area contributed by atoms with Crippen LogP contribution in [0.15, 0.2) is 133 Å². The van der Waals surface area contributed by atoms with Crippen LogP contribution in [-0.2, 0) is 0 Å². The zero-order valence-corrected chi connectivity index (χ0v) is 20.3. The molecule has 0 heterocycles. The molecule has 0 aromatic heterocycles. The molecule has 0 atom stereocenters. The van der Waals surface area contributed by atoms with E-state index in [-0.39, 0.29) is 0 Å². The maximum absolute atomic E-state index is 2.35. The number of benzene rings is 6. The summed E-state index contributed by atoms with van der Waals surface area (Å²) in [6.45, 7) is 4.33. The Balaban J connectivity index is 1.86. The molecule has 168 valence electrons. The Hall–Kier alpha value is -4.10. The fourth-order valence-corrected chi connectivity index (χ4v) is 6.04. The highest BCUT2D eigenvalue weighted by atomic mass is 14.2. The molecule has 35 heavy (non-hydrogen) atoms. The van der Waals surface area contributed by atoms with E-state index in [1.165, 1.54) is 54.5 Å². The van der Waals surface area contributed by atoms with Gasteiger partial charge < -0.3 is 0 Å². The standard InChI is InChI=1S/C34H28B/c1-25-17-21-29(22-18-25)35(30-23-19-26(2)20-24-30,33-15-7-11-27-9-3-5-13-31(27)33)34-16-8-12-28-10-4-6-14-32(28)34/h3-24H,1-2H3/q-1. The molecule has 0 fully saturated rings. The maximum Gasteiger partial charge on any atom is 0.109 e. The van der Waals surface area contributed by atoms with Gasteiger partial charge in [-0.2, -0.15) is 21.9 Å². The molecule has 1 heteroatoms. The van der Waals surface area contributed by atoms with E-state index in [1.807, 2.05) is 0 Å². The van der Waals surface area contributed by atoms with Crippen LogP contribution < -0.4 is 21.9 Å². The highest BCUT2D eigenvalue weighted by Gasteiger charge is 2.34.